The molecule has 1 aromatic heterocycles. The summed E-state index contributed by atoms with van der Waals surface area (Å²) in [5.41, 5.74) is 1.82. The Morgan fingerprint density at radius 2 is 1.83 bits per heavy atom. The van der Waals surface area contributed by atoms with Crippen molar-refractivity contribution >= 4 is 28.8 Å². The molecule has 2 atom stereocenters. The molecular weight excluding hydrogens is 328 g/mol. The number of thiazole rings is 1. The highest BCUT2D eigenvalue weighted by molar-refractivity contribution is 7.17. The van der Waals surface area contributed by atoms with Crippen LogP contribution in [0.1, 0.15) is 35.6 Å². The number of likely N-dealkylation sites (tertiary alicyclic amines) is 1. The van der Waals surface area contributed by atoms with E-state index in [1.807, 2.05) is 36.1 Å². The molecule has 1 aliphatic rings. The van der Waals surface area contributed by atoms with Gasteiger partial charge in [0.2, 0.25) is 0 Å². The average molecular weight is 349 g/mol. The van der Waals surface area contributed by atoms with Crippen LogP contribution in [0.4, 0.5) is 0 Å². The number of aryl methyl sites for hydroxylation is 1. The maximum absolute atomic E-state index is 12.9. The molecule has 0 spiro atoms. The van der Waals surface area contributed by atoms with Crippen LogP contribution in [0, 0.1) is 18.8 Å². The van der Waals surface area contributed by atoms with Gasteiger partial charge < -0.3 is 4.90 Å². The summed E-state index contributed by atoms with van der Waals surface area (Å²) >= 11 is 7.41. The second-order valence-electron chi connectivity index (χ2n) is 6.60. The van der Waals surface area contributed by atoms with E-state index in [1.165, 1.54) is 17.8 Å². The number of carbonyl (C=O) groups is 1. The number of halogens is 1. The lowest BCUT2D eigenvalue weighted by molar-refractivity contribution is 0.0627. The van der Waals surface area contributed by atoms with Crippen LogP contribution in [0.2, 0.25) is 5.02 Å². The number of hydrogen-bond donors (Lipinski definition) is 0. The van der Waals surface area contributed by atoms with Gasteiger partial charge in [0.05, 0.1) is 5.69 Å². The van der Waals surface area contributed by atoms with E-state index in [1.54, 1.807) is 0 Å². The lowest BCUT2D eigenvalue weighted by Crippen LogP contribution is -2.42. The third-order valence-corrected chi connectivity index (χ3v) is 5.68. The zero-order valence-electron chi connectivity index (χ0n) is 13.7. The molecule has 1 fully saturated rings. The molecule has 2 aromatic rings. The van der Waals surface area contributed by atoms with Crippen molar-refractivity contribution < 1.29 is 4.79 Å². The fraction of sp³-hybridized carbons (Fsp3) is 0.444. The van der Waals surface area contributed by atoms with E-state index in [4.69, 9.17) is 11.6 Å². The van der Waals surface area contributed by atoms with Crippen molar-refractivity contribution in [2.75, 3.05) is 13.1 Å². The van der Waals surface area contributed by atoms with E-state index >= 15 is 0 Å². The van der Waals surface area contributed by atoms with Crippen LogP contribution in [0.15, 0.2) is 24.3 Å². The maximum atomic E-state index is 12.9. The highest BCUT2D eigenvalue weighted by Crippen LogP contribution is 2.31. The molecule has 3 rings (SSSR count). The van der Waals surface area contributed by atoms with Gasteiger partial charge in [0.15, 0.2) is 0 Å². The van der Waals surface area contributed by atoms with Gasteiger partial charge in [-0.2, -0.15) is 0 Å². The predicted octanol–water partition coefficient (Wildman–Crippen LogP) is 4.89. The number of amides is 1. The first-order chi connectivity index (χ1) is 10.9. The number of hydrogen-bond acceptors (Lipinski definition) is 3. The van der Waals surface area contributed by atoms with Crippen LogP contribution in [0.25, 0.3) is 10.6 Å². The minimum atomic E-state index is 0.124. The molecular formula is C18H21ClN2OS. The van der Waals surface area contributed by atoms with E-state index < -0.39 is 0 Å². The molecule has 0 N–H and O–H groups in total. The second kappa shape index (κ2) is 6.62. The topological polar surface area (TPSA) is 33.2 Å². The Kier molecular flexibility index (Phi) is 4.74. The zero-order chi connectivity index (χ0) is 16.6. The number of piperidine rings is 1. The Balaban J connectivity index is 1.85. The Morgan fingerprint density at radius 1 is 1.22 bits per heavy atom. The molecule has 0 radical (unpaired) electrons. The molecule has 0 aliphatic carbocycles. The molecule has 23 heavy (non-hydrogen) atoms. The highest BCUT2D eigenvalue weighted by atomic mass is 35.5. The first-order valence-electron chi connectivity index (χ1n) is 7.96. The minimum absolute atomic E-state index is 0.124. The molecule has 122 valence electrons. The molecule has 1 amide bonds. The van der Waals surface area contributed by atoms with Gasteiger partial charge in [0.25, 0.3) is 5.91 Å². The van der Waals surface area contributed by atoms with Gasteiger partial charge in [0.1, 0.15) is 9.88 Å². The summed E-state index contributed by atoms with van der Waals surface area (Å²) in [5.74, 6) is 1.25. The third-order valence-electron chi connectivity index (χ3n) is 4.24. The Hall–Kier alpha value is -1.39. The van der Waals surface area contributed by atoms with Crippen LogP contribution in [0.3, 0.4) is 0 Å². The largest absolute Gasteiger partial charge is 0.337 e. The van der Waals surface area contributed by atoms with E-state index in [9.17, 15) is 4.79 Å². The van der Waals surface area contributed by atoms with Crippen LogP contribution in [-0.2, 0) is 0 Å². The molecule has 1 aliphatic heterocycles. The lowest BCUT2D eigenvalue weighted by atomic mass is 9.92. The number of nitrogens with zero attached hydrogens (tertiary/aromatic N) is 2. The van der Waals surface area contributed by atoms with Crippen molar-refractivity contribution in [3.8, 4) is 10.6 Å². The minimum Gasteiger partial charge on any atom is -0.337 e. The van der Waals surface area contributed by atoms with Gasteiger partial charge >= 0.3 is 0 Å². The summed E-state index contributed by atoms with van der Waals surface area (Å²) in [6.07, 6.45) is 1.20. The Bertz CT molecular complexity index is 700. The van der Waals surface area contributed by atoms with Gasteiger partial charge in [-0.3, -0.25) is 4.79 Å². The normalized spacial score (nSPS) is 21.5. The summed E-state index contributed by atoms with van der Waals surface area (Å²) in [7, 11) is 0. The first-order valence-corrected chi connectivity index (χ1v) is 9.16. The molecule has 1 saturated heterocycles. The van der Waals surface area contributed by atoms with Crippen LogP contribution < -0.4 is 0 Å². The van der Waals surface area contributed by atoms with Crippen molar-refractivity contribution in [3.63, 3.8) is 0 Å². The van der Waals surface area contributed by atoms with Crippen molar-refractivity contribution in [1.29, 1.82) is 0 Å². The quantitative estimate of drug-likeness (QED) is 0.774. The monoisotopic (exact) mass is 348 g/mol. The van der Waals surface area contributed by atoms with Crippen LogP contribution in [-0.4, -0.2) is 28.9 Å². The molecule has 0 bridgehead atoms. The lowest BCUT2D eigenvalue weighted by Gasteiger charge is -2.34. The standard InChI is InChI=1S/C18H21ClN2OS/c1-11-8-12(2)10-21(9-11)18(22)16-13(3)20-17(23-16)14-4-6-15(19)7-5-14/h4-7,11-12H,8-10H2,1-3H3. The van der Waals surface area contributed by atoms with Gasteiger partial charge in [-0.15, -0.1) is 11.3 Å². The smallest absolute Gasteiger partial charge is 0.265 e. The van der Waals surface area contributed by atoms with Gasteiger partial charge in [0, 0.05) is 23.7 Å². The van der Waals surface area contributed by atoms with Crippen molar-refractivity contribution in [3.05, 3.63) is 39.9 Å². The van der Waals surface area contributed by atoms with Crippen molar-refractivity contribution in [2.24, 2.45) is 11.8 Å². The number of carbonyl (C=O) groups excluding carboxylic acids is 1. The molecule has 2 unspecified atom stereocenters. The van der Waals surface area contributed by atoms with Gasteiger partial charge in [-0.05, 0) is 37.3 Å². The van der Waals surface area contributed by atoms with Crippen molar-refractivity contribution in [1.82, 2.24) is 9.88 Å². The molecule has 1 aromatic carbocycles. The third kappa shape index (κ3) is 3.59. The van der Waals surface area contributed by atoms with E-state index in [0.29, 0.717) is 16.9 Å². The van der Waals surface area contributed by atoms with Crippen molar-refractivity contribution in [2.45, 2.75) is 27.2 Å². The molecule has 3 nitrogen and oxygen atoms in total. The summed E-state index contributed by atoms with van der Waals surface area (Å²) in [4.78, 5) is 20.2. The maximum Gasteiger partial charge on any atom is 0.265 e. The SMILES string of the molecule is Cc1nc(-c2ccc(Cl)cc2)sc1C(=O)N1CC(C)CC(C)C1. The number of benzene rings is 1. The Labute approximate surface area is 146 Å². The predicted molar refractivity (Wildman–Crippen MR) is 96.1 cm³/mol. The Morgan fingerprint density at radius 3 is 2.43 bits per heavy atom. The molecule has 0 saturated carbocycles. The van der Waals surface area contributed by atoms with Gasteiger partial charge in [-0.1, -0.05) is 37.6 Å². The number of rotatable bonds is 2. The van der Waals surface area contributed by atoms with Crippen LogP contribution >= 0.6 is 22.9 Å². The first kappa shape index (κ1) is 16.5. The van der Waals surface area contributed by atoms with E-state index in [0.717, 1.165) is 34.2 Å². The summed E-state index contributed by atoms with van der Waals surface area (Å²) in [6, 6.07) is 7.59. The highest BCUT2D eigenvalue weighted by Gasteiger charge is 2.28. The van der Waals surface area contributed by atoms with E-state index in [-0.39, 0.29) is 5.91 Å². The zero-order valence-corrected chi connectivity index (χ0v) is 15.2. The molecule has 2 heterocycles. The van der Waals surface area contributed by atoms with Crippen LogP contribution in [0.5, 0.6) is 0 Å². The second-order valence-corrected chi connectivity index (χ2v) is 8.03. The molecule has 5 heteroatoms. The number of aromatic nitrogens is 1. The van der Waals surface area contributed by atoms with Gasteiger partial charge in [-0.25, -0.2) is 4.98 Å². The van der Waals surface area contributed by atoms with E-state index in [2.05, 4.69) is 18.8 Å². The average Bonchev–Trinajstić information content (AvgIpc) is 2.88. The summed E-state index contributed by atoms with van der Waals surface area (Å²) < 4.78 is 0. The fourth-order valence-corrected chi connectivity index (χ4v) is 4.45. The summed E-state index contributed by atoms with van der Waals surface area (Å²) in [5, 5.41) is 1.58. The fourth-order valence-electron chi connectivity index (χ4n) is 3.28. The summed E-state index contributed by atoms with van der Waals surface area (Å²) in [6.45, 7) is 8.04.